The Morgan fingerprint density at radius 1 is 1.36 bits per heavy atom. The van der Waals surface area contributed by atoms with Crippen LogP contribution in [0.15, 0.2) is 47.2 Å². The predicted octanol–water partition coefficient (Wildman–Crippen LogP) is 2.48. The lowest BCUT2D eigenvalue weighted by Gasteiger charge is -2.28. The van der Waals surface area contributed by atoms with Gasteiger partial charge in [-0.25, -0.2) is 4.79 Å². The molecule has 0 radical (unpaired) electrons. The summed E-state index contributed by atoms with van der Waals surface area (Å²) in [5.74, 6) is -1.47. The van der Waals surface area contributed by atoms with Gasteiger partial charge in [-0.05, 0) is 19.4 Å². The number of allylic oxidation sites excluding steroid dienone is 2. The summed E-state index contributed by atoms with van der Waals surface area (Å²) in [6.07, 6.45) is -1.06. The number of methoxy groups -OCH3 is 1. The Bertz CT molecular complexity index is 810. The molecule has 1 unspecified atom stereocenters. The topological polar surface area (TPSA) is 131 Å². The number of carbonyl (C=O) groups excluding carboxylic acids is 2. The molecule has 1 aromatic carbocycles. The number of carbonyl (C=O) groups is 2. The van der Waals surface area contributed by atoms with Crippen LogP contribution in [0.4, 0.5) is 10.5 Å². The van der Waals surface area contributed by atoms with Crippen LogP contribution in [0.5, 0.6) is 0 Å². The fourth-order valence-corrected chi connectivity index (χ4v) is 2.57. The van der Waals surface area contributed by atoms with Gasteiger partial charge in [0.1, 0.15) is 5.76 Å². The summed E-state index contributed by atoms with van der Waals surface area (Å²) in [4.78, 5) is 34.1. The second-order valence-corrected chi connectivity index (χ2v) is 5.20. The van der Waals surface area contributed by atoms with Gasteiger partial charge in [0.15, 0.2) is 11.5 Å². The van der Waals surface area contributed by atoms with E-state index in [1.165, 1.54) is 32.0 Å². The summed E-state index contributed by atoms with van der Waals surface area (Å²) in [5.41, 5.74) is 6.15. The van der Waals surface area contributed by atoms with Crippen molar-refractivity contribution < 1.29 is 28.7 Å². The first kappa shape index (κ1) is 18.0. The fraction of sp³-hybridized carbons (Fsp3) is 0.250. The third-order valence-corrected chi connectivity index (χ3v) is 3.59. The van der Waals surface area contributed by atoms with E-state index in [1.54, 1.807) is 6.07 Å². The zero-order chi connectivity index (χ0) is 18.7. The molecule has 0 fully saturated rings. The lowest BCUT2D eigenvalue weighted by Crippen LogP contribution is -2.26. The molecule has 0 saturated heterocycles. The van der Waals surface area contributed by atoms with Crippen LogP contribution in [0.2, 0.25) is 0 Å². The van der Waals surface area contributed by atoms with Crippen molar-refractivity contribution in [2.45, 2.75) is 19.8 Å². The first-order valence-corrected chi connectivity index (χ1v) is 7.15. The zero-order valence-electron chi connectivity index (χ0n) is 13.8. The van der Waals surface area contributed by atoms with Gasteiger partial charge in [-0.3, -0.25) is 14.9 Å². The average molecular weight is 348 g/mol. The van der Waals surface area contributed by atoms with E-state index >= 15 is 0 Å². The Hall–Kier alpha value is -3.36. The van der Waals surface area contributed by atoms with Crippen LogP contribution in [0, 0.1) is 10.1 Å². The SMILES string of the molecule is COC(=O)OC1=C(N)OC(C)=C(C(C)=O)C1c1cccc([N+](=O)[O-])c1. The van der Waals surface area contributed by atoms with Crippen LogP contribution in [0.1, 0.15) is 25.3 Å². The number of nitro benzene ring substituents is 1. The Kier molecular flexibility index (Phi) is 5.06. The van der Waals surface area contributed by atoms with Gasteiger partial charge in [0.05, 0.1) is 18.0 Å². The lowest BCUT2D eigenvalue weighted by atomic mass is 9.85. The normalized spacial score (nSPS) is 17.0. The van der Waals surface area contributed by atoms with Gasteiger partial charge in [0, 0.05) is 17.7 Å². The highest BCUT2D eigenvalue weighted by atomic mass is 16.7. The number of nitrogens with two attached hydrogens (primary N) is 1. The second-order valence-electron chi connectivity index (χ2n) is 5.20. The molecule has 132 valence electrons. The second kappa shape index (κ2) is 7.04. The molecular formula is C16H16N2O7. The molecule has 0 saturated carbocycles. The third kappa shape index (κ3) is 3.60. The number of nitrogens with zero attached hydrogens (tertiary/aromatic N) is 1. The van der Waals surface area contributed by atoms with Crippen molar-refractivity contribution >= 4 is 17.6 Å². The van der Waals surface area contributed by atoms with Gasteiger partial charge in [0.2, 0.25) is 5.88 Å². The van der Waals surface area contributed by atoms with Crippen molar-refractivity contribution in [2.75, 3.05) is 7.11 Å². The average Bonchev–Trinajstić information content (AvgIpc) is 2.56. The van der Waals surface area contributed by atoms with Gasteiger partial charge in [-0.2, -0.15) is 0 Å². The van der Waals surface area contributed by atoms with Crippen LogP contribution < -0.4 is 5.73 Å². The molecule has 1 atom stereocenters. The molecule has 25 heavy (non-hydrogen) atoms. The van der Waals surface area contributed by atoms with Gasteiger partial charge < -0.3 is 19.9 Å². The molecule has 1 aliphatic rings. The minimum Gasteiger partial charge on any atom is -0.442 e. The maximum absolute atomic E-state index is 12.1. The first-order chi connectivity index (χ1) is 11.8. The standard InChI is InChI=1S/C16H16N2O7/c1-8(19)12-9(2)24-15(17)14(25-16(20)23-3)13(12)10-5-4-6-11(7-10)18(21)22/h4-7,13H,17H2,1-3H3. The van der Waals surface area contributed by atoms with Crippen LogP contribution in [0.3, 0.4) is 0 Å². The molecular weight excluding hydrogens is 332 g/mol. The van der Waals surface area contributed by atoms with Crippen LogP contribution in [0.25, 0.3) is 0 Å². The number of benzene rings is 1. The number of hydrogen-bond donors (Lipinski definition) is 1. The summed E-state index contributed by atoms with van der Waals surface area (Å²) in [7, 11) is 1.11. The van der Waals surface area contributed by atoms with E-state index in [4.69, 9.17) is 15.2 Å². The van der Waals surface area contributed by atoms with Crippen molar-refractivity contribution in [3.63, 3.8) is 0 Å². The molecule has 0 aromatic heterocycles. The van der Waals surface area contributed by atoms with Gasteiger partial charge >= 0.3 is 6.16 Å². The molecule has 9 heteroatoms. The molecule has 0 aliphatic carbocycles. The molecule has 0 amide bonds. The quantitative estimate of drug-likeness (QED) is 0.499. The number of nitro groups is 1. The molecule has 1 aromatic rings. The predicted molar refractivity (Wildman–Crippen MR) is 85.0 cm³/mol. The van der Waals surface area contributed by atoms with Crippen LogP contribution in [-0.4, -0.2) is 24.0 Å². The van der Waals surface area contributed by atoms with Crippen LogP contribution in [-0.2, 0) is 19.0 Å². The molecule has 0 bridgehead atoms. The summed E-state index contributed by atoms with van der Waals surface area (Å²) in [6.45, 7) is 2.84. The number of Topliss-reactive ketones (excluding diaryl/α,β-unsaturated/α-hetero) is 1. The maximum atomic E-state index is 12.1. The van der Waals surface area contributed by atoms with E-state index in [0.717, 1.165) is 7.11 Å². The monoisotopic (exact) mass is 348 g/mol. The summed E-state index contributed by atoms with van der Waals surface area (Å²) in [6, 6.07) is 5.61. The summed E-state index contributed by atoms with van der Waals surface area (Å²) >= 11 is 0. The van der Waals surface area contributed by atoms with Crippen LogP contribution >= 0.6 is 0 Å². The van der Waals surface area contributed by atoms with Crippen molar-refractivity contribution in [1.29, 1.82) is 0 Å². The Morgan fingerprint density at radius 3 is 2.60 bits per heavy atom. The zero-order valence-corrected chi connectivity index (χ0v) is 13.8. The third-order valence-electron chi connectivity index (χ3n) is 3.59. The number of non-ortho nitro benzene ring substituents is 1. The smallest absolute Gasteiger partial charge is 0.442 e. The first-order valence-electron chi connectivity index (χ1n) is 7.15. The molecule has 0 spiro atoms. The van der Waals surface area contributed by atoms with Crippen molar-refractivity contribution in [2.24, 2.45) is 5.73 Å². The van der Waals surface area contributed by atoms with E-state index in [0.29, 0.717) is 5.56 Å². The fourth-order valence-electron chi connectivity index (χ4n) is 2.57. The Morgan fingerprint density at radius 2 is 2.04 bits per heavy atom. The van der Waals surface area contributed by atoms with Gasteiger partial charge in [0.25, 0.3) is 5.69 Å². The van der Waals surface area contributed by atoms with E-state index in [1.807, 2.05) is 0 Å². The minimum absolute atomic E-state index is 0.164. The molecule has 2 rings (SSSR count). The van der Waals surface area contributed by atoms with Crippen molar-refractivity contribution in [3.8, 4) is 0 Å². The number of ether oxygens (including phenoxy) is 3. The Labute approximate surface area is 142 Å². The molecule has 2 N–H and O–H groups in total. The molecule has 1 aliphatic heterocycles. The van der Waals surface area contributed by atoms with E-state index in [9.17, 15) is 19.7 Å². The van der Waals surface area contributed by atoms with Crippen molar-refractivity contribution in [3.05, 3.63) is 62.9 Å². The largest absolute Gasteiger partial charge is 0.513 e. The van der Waals surface area contributed by atoms with Gasteiger partial charge in [-0.1, -0.05) is 12.1 Å². The highest BCUT2D eigenvalue weighted by Gasteiger charge is 2.37. The van der Waals surface area contributed by atoms with Gasteiger partial charge in [-0.15, -0.1) is 0 Å². The van der Waals surface area contributed by atoms with Crippen molar-refractivity contribution in [1.82, 2.24) is 0 Å². The molecule has 1 heterocycles. The molecule has 9 nitrogen and oxygen atoms in total. The minimum atomic E-state index is -1.06. The van der Waals surface area contributed by atoms with E-state index < -0.39 is 17.0 Å². The highest BCUT2D eigenvalue weighted by molar-refractivity contribution is 5.96. The number of hydrogen-bond acceptors (Lipinski definition) is 8. The number of ketones is 1. The number of rotatable bonds is 4. The van der Waals surface area contributed by atoms with E-state index in [-0.39, 0.29) is 34.4 Å². The summed E-state index contributed by atoms with van der Waals surface area (Å²) < 4.78 is 14.8. The van der Waals surface area contributed by atoms with E-state index in [2.05, 4.69) is 4.74 Å². The lowest BCUT2D eigenvalue weighted by molar-refractivity contribution is -0.384. The Balaban J connectivity index is 2.64. The highest BCUT2D eigenvalue weighted by Crippen LogP contribution is 2.41. The maximum Gasteiger partial charge on any atom is 0.513 e. The summed E-state index contributed by atoms with van der Waals surface area (Å²) in [5, 5.41) is 11.0.